The summed E-state index contributed by atoms with van der Waals surface area (Å²) < 4.78 is 0. The molecule has 0 amide bonds. The summed E-state index contributed by atoms with van der Waals surface area (Å²) in [7, 11) is 0. The van der Waals surface area contributed by atoms with E-state index in [0.717, 1.165) is 56.2 Å². The first kappa shape index (κ1) is 26.3. The summed E-state index contributed by atoms with van der Waals surface area (Å²) in [4.78, 5) is 15.1. The topological polar surface area (TPSA) is 62.5 Å². The van der Waals surface area contributed by atoms with Crippen molar-refractivity contribution in [2.45, 2.75) is 0 Å². The summed E-state index contributed by atoms with van der Waals surface area (Å²) in [5, 5.41) is 9.33. The Balaban J connectivity index is 1.55. The zero-order valence-corrected chi connectivity index (χ0v) is 22.9. The third-order valence-corrected chi connectivity index (χ3v) is 7.06. The van der Waals surface area contributed by atoms with Crippen LogP contribution in [0.15, 0.2) is 134 Å². The van der Waals surface area contributed by atoms with E-state index in [1.54, 1.807) is 18.2 Å². The molecule has 4 nitrogen and oxygen atoms in total. The molecule has 0 unspecified atom stereocenters. The Labute approximate surface area is 245 Å². The molecular formula is C38H26N4. The zero-order chi connectivity index (χ0) is 28.9. The monoisotopic (exact) mass is 538 g/mol. The van der Waals surface area contributed by atoms with Crippen LogP contribution in [0.2, 0.25) is 0 Å². The SMILES string of the molecule is C=Cc1nc(-c2ccc(-c3cccc(C#N)c3)cc2)c(-c2cc(-c3ccccc3)nc(-c3ccccc3)c2)nc1C=C. The van der Waals surface area contributed by atoms with Gasteiger partial charge in [0.25, 0.3) is 0 Å². The van der Waals surface area contributed by atoms with Crippen molar-refractivity contribution in [1.29, 1.82) is 5.26 Å². The van der Waals surface area contributed by atoms with E-state index in [1.165, 1.54) is 0 Å². The maximum Gasteiger partial charge on any atom is 0.0991 e. The van der Waals surface area contributed by atoms with Crippen molar-refractivity contribution in [2.24, 2.45) is 0 Å². The molecule has 6 rings (SSSR count). The Hall–Kier alpha value is -5.92. The standard InChI is InChI=1S/C38H26N4/c1-3-33-34(4-2)42-38(37(41-33)30-20-18-27(19-21-30)31-17-11-12-26(22-31)25-39)32-23-35(28-13-7-5-8-14-28)40-36(24-32)29-15-9-6-10-16-29/h3-24H,1-2H2. The molecule has 4 heteroatoms. The third kappa shape index (κ3) is 5.28. The third-order valence-electron chi connectivity index (χ3n) is 7.06. The first-order valence-electron chi connectivity index (χ1n) is 13.6. The molecule has 0 aliphatic rings. The van der Waals surface area contributed by atoms with Crippen molar-refractivity contribution in [2.75, 3.05) is 0 Å². The Morgan fingerprint density at radius 3 is 1.50 bits per heavy atom. The number of hydrogen-bond acceptors (Lipinski definition) is 4. The number of aromatic nitrogens is 3. The molecule has 0 N–H and O–H groups in total. The number of pyridine rings is 1. The number of benzene rings is 4. The van der Waals surface area contributed by atoms with E-state index in [2.05, 4.69) is 55.6 Å². The summed E-state index contributed by atoms with van der Waals surface area (Å²) in [6.45, 7) is 7.95. The van der Waals surface area contributed by atoms with Crippen molar-refractivity contribution < 1.29 is 0 Å². The number of nitriles is 1. The molecule has 2 heterocycles. The maximum atomic E-state index is 9.33. The molecule has 42 heavy (non-hydrogen) atoms. The highest BCUT2D eigenvalue weighted by Gasteiger charge is 2.18. The quantitative estimate of drug-likeness (QED) is 0.203. The predicted octanol–water partition coefficient (Wildman–Crippen LogP) is 9.36. The van der Waals surface area contributed by atoms with Gasteiger partial charge in [-0.05, 0) is 47.5 Å². The van der Waals surface area contributed by atoms with E-state index in [4.69, 9.17) is 15.0 Å². The predicted molar refractivity (Wildman–Crippen MR) is 172 cm³/mol. The molecule has 0 aliphatic carbocycles. The molecule has 0 saturated heterocycles. The number of hydrogen-bond donors (Lipinski definition) is 0. The Bertz CT molecular complexity index is 1890. The van der Waals surface area contributed by atoms with Crippen molar-refractivity contribution >= 4 is 12.2 Å². The van der Waals surface area contributed by atoms with E-state index in [0.29, 0.717) is 17.0 Å². The Morgan fingerprint density at radius 1 is 0.476 bits per heavy atom. The van der Waals surface area contributed by atoms with Crippen LogP contribution in [0.25, 0.3) is 68.3 Å². The van der Waals surface area contributed by atoms with Crippen LogP contribution in [-0.2, 0) is 0 Å². The largest absolute Gasteiger partial charge is 0.248 e. The van der Waals surface area contributed by atoms with Crippen LogP contribution in [0.3, 0.4) is 0 Å². The minimum atomic E-state index is 0.626. The van der Waals surface area contributed by atoms with Crippen molar-refractivity contribution in [3.8, 4) is 62.2 Å². The maximum absolute atomic E-state index is 9.33. The van der Waals surface area contributed by atoms with Crippen molar-refractivity contribution in [3.05, 3.63) is 151 Å². The summed E-state index contributed by atoms with van der Waals surface area (Å²) in [5.74, 6) is 0. The molecule has 198 valence electrons. The lowest BCUT2D eigenvalue weighted by atomic mass is 9.97. The van der Waals surface area contributed by atoms with Gasteiger partial charge in [-0.2, -0.15) is 5.26 Å². The average Bonchev–Trinajstić information content (AvgIpc) is 3.08. The van der Waals surface area contributed by atoms with Gasteiger partial charge in [0, 0.05) is 22.3 Å². The Morgan fingerprint density at radius 2 is 0.976 bits per heavy atom. The molecule has 0 atom stereocenters. The van der Waals surface area contributed by atoms with E-state index < -0.39 is 0 Å². The fourth-order valence-electron chi connectivity index (χ4n) is 4.93. The zero-order valence-electron chi connectivity index (χ0n) is 22.9. The highest BCUT2D eigenvalue weighted by molar-refractivity contribution is 5.85. The lowest BCUT2D eigenvalue weighted by molar-refractivity contribution is 1.17. The van der Waals surface area contributed by atoms with Crippen LogP contribution in [-0.4, -0.2) is 15.0 Å². The highest BCUT2D eigenvalue weighted by Crippen LogP contribution is 2.36. The average molecular weight is 539 g/mol. The van der Waals surface area contributed by atoms with E-state index >= 15 is 0 Å². The van der Waals surface area contributed by atoms with E-state index in [-0.39, 0.29) is 0 Å². The van der Waals surface area contributed by atoms with Crippen molar-refractivity contribution in [3.63, 3.8) is 0 Å². The lowest BCUT2D eigenvalue weighted by Gasteiger charge is -2.15. The van der Waals surface area contributed by atoms with Gasteiger partial charge in [0.2, 0.25) is 0 Å². The van der Waals surface area contributed by atoms with Gasteiger partial charge in [-0.15, -0.1) is 0 Å². The molecule has 0 saturated carbocycles. The van der Waals surface area contributed by atoms with Gasteiger partial charge in [-0.1, -0.05) is 110 Å². The molecule has 0 aliphatic heterocycles. The highest BCUT2D eigenvalue weighted by atomic mass is 14.8. The van der Waals surface area contributed by atoms with Gasteiger partial charge < -0.3 is 0 Å². The fourth-order valence-corrected chi connectivity index (χ4v) is 4.93. The van der Waals surface area contributed by atoms with Crippen LogP contribution in [0.4, 0.5) is 0 Å². The van der Waals surface area contributed by atoms with Crippen LogP contribution < -0.4 is 0 Å². The summed E-state index contributed by atoms with van der Waals surface area (Å²) >= 11 is 0. The summed E-state index contributed by atoms with van der Waals surface area (Å²) in [5.41, 5.74) is 10.9. The molecule has 2 aromatic heterocycles. The second kappa shape index (κ2) is 11.7. The van der Waals surface area contributed by atoms with Gasteiger partial charge >= 0.3 is 0 Å². The molecule has 6 aromatic rings. The molecule has 0 bridgehead atoms. The molecule has 0 radical (unpaired) electrons. The minimum Gasteiger partial charge on any atom is -0.248 e. The summed E-state index contributed by atoms with van der Waals surface area (Å²) in [6.07, 6.45) is 3.41. The lowest BCUT2D eigenvalue weighted by Crippen LogP contribution is -2.01. The fraction of sp³-hybridized carbons (Fsp3) is 0. The second-order valence-electron chi connectivity index (χ2n) is 9.73. The second-order valence-corrected chi connectivity index (χ2v) is 9.73. The smallest absolute Gasteiger partial charge is 0.0991 e. The number of rotatable bonds is 7. The van der Waals surface area contributed by atoms with Gasteiger partial charge in [-0.3, -0.25) is 0 Å². The van der Waals surface area contributed by atoms with Crippen molar-refractivity contribution in [1.82, 2.24) is 15.0 Å². The van der Waals surface area contributed by atoms with Crippen LogP contribution in [0.5, 0.6) is 0 Å². The molecule has 0 spiro atoms. The molecular weight excluding hydrogens is 512 g/mol. The van der Waals surface area contributed by atoms with Crippen LogP contribution >= 0.6 is 0 Å². The Kier molecular flexibility index (Phi) is 7.31. The van der Waals surface area contributed by atoms with Gasteiger partial charge in [0.15, 0.2) is 0 Å². The first-order chi connectivity index (χ1) is 20.7. The van der Waals surface area contributed by atoms with E-state index in [1.807, 2.05) is 78.9 Å². The normalized spacial score (nSPS) is 10.5. The molecule has 4 aromatic carbocycles. The van der Waals surface area contributed by atoms with Gasteiger partial charge in [0.05, 0.1) is 45.8 Å². The van der Waals surface area contributed by atoms with Crippen LogP contribution in [0.1, 0.15) is 17.0 Å². The number of nitrogens with zero attached hydrogens (tertiary/aromatic N) is 4. The molecule has 0 fully saturated rings. The summed E-state index contributed by atoms with van der Waals surface area (Å²) in [6, 6.07) is 42.4. The first-order valence-corrected chi connectivity index (χ1v) is 13.6. The van der Waals surface area contributed by atoms with Gasteiger partial charge in [-0.25, -0.2) is 15.0 Å². The minimum absolute atomic E-state index is 0.626. The van der Waals surface area contributed by atoms with E-state index in [9.17, 15) is 5.26 Å². The van der Waals surface area contributed by atoms with Crippen LogP contribution in [0, 0.1) is 11.3 Å². The van der Waals surface area contributed by atoms with Gasteiger partial charge in [0.1, 0.15) is 0 Å².